The van der Waals surface area contributed by atoms with E-state index in [1.54, 1.807) is 78.9 Å². The number of rotatable bonds is 10. The van der Waals surface area contributed by atoms with Gasteiger partial charge in [-0.1, -0.05) is 70.5 Å². The van der Waals surface area contributed by atoms with Gasteiger partial charge in [0.25, 0.3) is 17.5 Å². The average Bonchev–Trinajstić information content (AvgIpc) is 3.46. The summed E-state index contributed by atoms with van der Waals surface area (Å²) in [5.41, 5.74) is -1.63. The molecule has 12 nitrogen and oxygen atoms in total. The minimum absolute atomic E-state index is 0.219. The first kappa shape index (κ1) is 35.6. The van der Waals surface area contributed by atoms with Crippen molar-refractivity contribution in [2.75, 3.05) is 19.5 Å². The fraction of sp³-hybridized carbons (Fsp3) is 0.257. The molecule has 0 spiro atoms. The number of alkyl halides is 1. The molecule has 252 valence electrons. The molecule has 2 amide bonds. The number of ether oxygens (including phenoxy) is 4. The quantitative estimate of drug-likeness (QED) is 0.204. The predicted octanol–water partition coefficient (Wildman–Crippen LogP) is 5.19. The molecule has 5 rings (SSSR count). The van der Waals surface area contributed by atoms with Crippen molar-refractivity contribution in [2.45, 2.75) is 37.9 Å². The summed E-state index contributed by atoms with van der Waals surface area (Å²) in [6.45, 7) is 3.05. The number of methoxy groups -OCH3 is 2. The van der Waals surface area contributed by atoms with E-state index in [4.69, 9.17) is 18.9 Å². The summed E-state index contributed by atoms with van der Waals surface area (Å²) in [4.78, 5) is 49.1. The molecule has 3 aromatic carbocycles. The number of para-hydroxylation sites is 2. The molecular weight excluding hydrogens is 688 g/mol. The van der Waals surface area contributed by atoms with Crippen LogP contribution in [0.25, 0.3) is 0 Å². The molecule has 0 radical (unpaired) electrons. The summed E-state index contributed by atoms with van der Waals surface area (Å²) in [7, 11) is 2.96. The molecule has 2 atom stereocenters. The highest BCUT2D eigenvalue weighted by molar-refractivity contribution is 9.09. The molecule has 2 aliphatic rings. The number of nitrogens with one attached hydrogen (secondary N) is 2. The molecule has 0 saturated carbocycles. The molecule has 0 fully saturated rings. The number of aliphatic hydroxyl groups is 2. The lowest BCUT2D eigenvalue weighted by Crippen LogP contribution is -2.32. The van der Waals surface area contributed by atoms with Gasteiger partial charge in [-0.05, 0) is 44.5 Å². The normalized spacial score (nSPS) is 19.9. The van der Waals surface area contributed by atoms with Crippen LogP contribution in [0.2, 0.25) is 0 Å². The summed E-state index contributed by atoms with van der Waals surface area (Å²) in [6.07, 6.45) is 0.891. The largest absolute Gasteiger partial charge is 0.501 e. The van der Waals surface area contributed by atoms with E-state index in [0.717, 1.165) is 0 Å². The maximum atomic E-state index is 12.6. The van der Waals surface area contributed by atoms with Crippen LogP contribution in [0.1, 0.15) is 48.2 Å². The zero-order chi connectivity index (χ0) is 35.1. The Morgan fingerprint density at radius 3 is 1.62 bits per heavy atom. The fourth-order valence-electron chi connectivity index (χ4n) is 5.04. The Morgan fingerprint density at radius 2 is 1.17 bits per heavy atom. The summed E-state index contributed by atoms with van der Waals surface area (Å²) in [5, 5.41) is 25.8. The van der Waals surface area contributed by atoms with Crippen LogP contribution in [0, 0.1) is 0 Å². The van der Waals surface area contributed by atoms with Crippen LogP contribution in [-0.4, -0.2) is 53.1 Å². The third-order valence-corrected chi connectivity index (χ3v) is 8.20. The van der Waals surface area contributed by atoms with Crippen LogP contribution < -0.4 is 20.1 Å². The van der Waals surface area contributed by atoms with Gasteiger partial charge in [0.1, 0.15) is 11.5 Å². The minimum atomic E-state index is -1.49. The van der Waals surface area contributed by atoms with Crippen molar-refractivity contribution >= 4 is 39.3 Å². The Bertz CT molecular complexity index is 1770. The Morgan fingerprint density at radius 1 is 0.729 bits per heavy atom. The topological polar surface area (TPSA) is 170 Å². The fourth-order valence-corrected chi connectivity index (χ4v) is 5.32. The van der Waals surface area contributed by atoms with Gasteiger partial charge in [0, 0.05) is 28.4 Å². The highest BCUT2D eigenvalue weighted by Crippen LogP contribution is 2.42. The second-order valence-corrected chi connectivity index (χ2v) is 11.6. The highest BCUT2D eigenvalue weighted by atomic mass is 79.9. The van der Waals surface area contributed by atoms with E-state index in [1.807, 2.05) is 0 Å². The summed E-state index contributed by atoms with van der Waals surface area (Å²) >= 11 is 3.24. The van der Waals surface area contributed by atoms with Crippen molar-refractivity contribution < 1.29 is 48.3 Å². The first-order valence-corrected chi connectivity index (χ1v) is 15.9. The number of Topliss-reactive ketones (excluding diaryl/α,β-unsaturated/α-hetero) is 2. The molecule has 48 heavy (non-hydrogen) atoms. The molecule has 13 heteroatoms. The zero-order valence-corrected chi connectivity index (χ0v) is 28.3. The molecule has 2 aliphatic heterocycles. The molecule has 0 saturated heterocycles. The van der Waals surface area contributed by atoms with Crippen molar-refractivity contribution in [1.82, 2.24) is 10.6 Å². The molecule has 2 unspecified atom stereocenters. The van der Waals surface area contributed by atoms with E-state index >= 15 is 0 Å². The molecule has 0 bridgehead atoms. The lowest BCUT2D eigenvalue weighted by Gasteiger charge is -2.25. The monoisotopic (exact) mass is 722 g/mol. The summed E-state index contributed by atoms with van der Waals surface area (Å²) in [6, 6.07) is 22.2. The van der Waals surface area contributed by atoms with Crippen LogP contribution >= 0.6 is 15.9 Å². The van der Waals surface area contributed by atoms with Gasteiger partial charge in [-0.2, -0.15) is 0 Å². The molecule has 2 heterocycles. The highest BCUT2D eigenvalue weighted by Gasteiger charge is 2.51. The van der Waals surface area contributed by atoms with Gasteiger partial charge < -0.3 is 29.2 Å². The Balaban J connectivity index is 0.000000218. The summed E-state index contributed by atoms with van der Waals surface area (Å²) < 4.78 is 21.8. The van der Waals surface area contributed by atoms with Crippen LogP contribution in [-0.2, 0) is 35.1 Å². The SMILES string of the molecule is COc1ccccc1C1(C)OC(NC(=O)CCCBr)=C(O)C1=O.COc1ccccc1C1(C)OC(NC(=O)c2ccccc2)=C(O)C1=O. The summed E-state index contributed by atoms with van der Waals surface area (Å²) in [5.74, 6) is -2.90. The number of carbonyl (C=O) groups is 4. The average molecular weight is 724 g/mol. The van der Waals surface area contributed by atoms with E-state index < -0.39 is 40.2 Å². The number of aliphatic hydroxyl groups excluding tert-OH is 2. The Labute approximate surface area is 285 Å². The van der Waals surface area contributed by atoms with Crippen molar-refractivity contribution in [3.8, 4) is 11.5 Å². The maximum Gasteiger partial charge on any atom is 0.258 e. The predicted molar refractivity (Wildman–Crippen MR) is 177 cm³/mol. The number of halogens is 1. The minimum Gasteiger partial charge on any atom is -0.501 e. The molecule has 0 aliphatic carbocycles. The second kappa shape index (κ2) is 15.1. The lowest BCUT2D eigenvalue weighted by molar-refractivity contribution is -0.133. The van der Waals surface area contributed by atoms with E-state index in [-0.39, 0.29) is 24.1 Å². The van der Waals surface area contributed by atoms with Gasteiger partial charge in [-0.3, -0.25) is 29.8 Å². The van der Waals surface area contributed by atoms with E-state index in [0.29, 0.717) is 39.9 Å². The van der Waals surface area contributed by atoms with Crippen molar-refractivity contribution in [3.63, 3.8) is 0 Å². The van der Waals surface area contributed by atoms with Gasteiger partial charge in [0.15, 0.2) is 0 Å². The number of carbonyl (C=O) groups excluding carboxylic acids is 4. The molecule has 3 aromatic rings. The van der Waals surface area contributed by atoms with Crippen molar-refractivity contribution in [2.24, 2.45) is 0 Å². The van der Waals surface area contributed by atoms with Crippen LogP contribution in [0.15, 0.2) is 102 Å². The molecular formula is C35H35BrN2O10. The molecule has 0 aromatic heterocycles. The standard InChI is InChI=1S/C19H17NO5.C16H18BrNO5/c1-19(13-10-6-7-11-14(13)24-2)16(22)15(21)18(25-19)20-17(23)12-8-4-3-5-9-12;1-16(10-6-3-4-7-11(10)22-2)14(21)13(20)15(23-16)18-12(19)8-5-9-17/h3-11,21H,1-2H3,(H,20,23);3-4,6-7,20H,5,8-9H2,1-2H3,(H,18,19). The maximum absolute atomic E-state index is 12.6. The second-order valence-electron chi connectivity index (χ2n) is 10.8. The van der Waals surface area contributed by atoms with Crippen LogP contribution in [0.3, 0.4) is 0 Å². The third-order valence-electron chi connectivity index (χ3n) is 7.63. The lowest BCUT2D eigenvalue weighted by atomic mass is 9.91. The third kappa shape index (κ3) is 7.15. The number of amides is 2. The van der Waals surface area contributed by atoms with E-state index in [2.05, 4.69) is 26.6 Å². The van der Waals surface area contributed by atoms with Crippen LogP contribution in [0.4, 0.5) is 0 Å². The Kier molecular flexibility index (Phi) is 11.2. The van der Waals surface area contributed by atoms with Gasteiger partial charge in [-0.25, -0.2) is 0 Å². The zero-order valence-electron chi connectivity index (χ0n) is 26.7. The van der Waals surface area contributed by atoms with Crippen molar-refractivity contribution in [3.05, 3.63) is 119 Å². The van der Waals surface area contributed by atoms with Gasteiger partial charge >= 0.3 is 0 Å². The number of ketones is 2. The number of benzene rings is 3. The smallest absolute Gasteiger partial charge is 0.258 e. The van der Waals surface area contributed by atoms with Crippen molar-refractivity contribution in [1.29, 1.82) is 0 Å². The van der Waals surface area contributed by atoms with E-state index in [9.17, 15) is 29.4 Å². The van der Waals surface area contributed by atoms with Gasteiger partial charge in [0.05, 0.1) is 14.2 Å². The first-order valence-electron chi connectivity index (χ1n) is 14.7. The van der Waals surface area contributed by atoms with E-state index in [1.165, 1.54) is 28.1 Å². The van der Waals surface area contributed by atoms with Gasteiger partial charge in [-0.15, -0.1) is 0 Å². The van der Waals surface area contributed by atoms with Gasteiger partial charge in [0.2, 0.25) is 40.4 Å². The number of hydrogen-bond donors (Lipinski definition) is 4. The number of hydrogen-bond acceptors (Lipinski definition) is 10. The molecule has 4 N–H and O–H groups in total. The van der Waals surface area contributed by atoms with Crippen LogP contribution in [0.5, 0.6) is 11.5 Å². The first-order chi connectivity index (χ1) is 22.9. The Hall–Kier alpha value is -5.30.